The summed E-state index contributed by atoms with van der Waals surface area (Å²) >= 11 is 0. The number of hydrogen-bond acceptors (Lipinski definition) is 7. The lowest BCUT2D eigenvalue weighted by atomic mass is 10.1. The Balaban J connectivity index is 1.66. The summed E-state index contributed by atoms with van der Waals surface area (Å²) in [6, 6.07) is 5.59. The number of carbonyl (C=O) groups is 1. The van der Waals surface area contributed by atoms with Gasteiger partial charge in [-0.15, -0.1) is 0 Å². The highest BCUT2D eigenvalue weighted by molar-refractivity contribution is 6.01. The average molecular weight is 351 g/mol. The van der Waals surface area contributed by atoms with E-state index in [1.165, 1.54) is 0 Å². The maximum atomic E-state index is 12.2. The van der Waals surface area contributed by atoms with Crippen molar-refractivity contribution in [2.45, 2.75) is 13.3 Å². The van der Waals surface area contributed by atoms with Crippen LogP contribution in [0.2, 0.25) is 0 Å². The second kappa shape index (κ2) is 6.64. The molecule has 0 bridgehead atoms. The van der Waals surface area contributed by atoms with E-state index in [1.807, 2.05) is 18.2 Å². The van der Waals surface area contributed by atoms with Crippen LogP contribution in [0.15, 0.2) is 35.1 Å². The summed E-state index contributed by atoms with van der Waals surface area (Å²) in [6.45, 7) is 2.75. The van der Waals surface area contributed by atoms with Crippen molar-refractivity contribution in [2.75, 3.05) is 25.2 Å². The Morgan fingerprint density at radius 2 is 2.12 bits per heavy atom. The van der Waals surface area contributed by atoms with Crippen molar-refractivity contribution in [3.8, 4) is 22.8 Å². The van der Waals surface area contributed by atoms with Gasteiger partial charge in [-0.2, -0.15) is 4.98 Å². The number of ether oxygens (including phenoxy) is 1. The fraction of sp³-hybridized carbons (Fsp3) is 0.278. The molecule has 0 saturated carbocycles. The Hall–Kier alpha value is -3.13. The summed E-state index contributed by atoms with van der Waals surface area (Å²) in [4.78, 5) is 27.0. The second-order valence-electron chi connectivity index (χ2n) is 5.98. The van der Waals surface area contributed by atoms with Gasteiger partial charge >= 0.3 is 0 Å². The van der Waals surface area contributed by atoms with Crippen molar-refractivity contribution in [2.24, 2.45) is 0 Å². The molecule has 4 heterocycles. The molecule has 0 spiro atoms. The third-order valence-electron chi connectivity index (χ3n) is 4.23. The predicted molar refractivity (Wildman–Crippen MR) is 93.4 cm³/mol. The standard InChI is InChI=1S/C18H17N5O3/c1-11-21-18(22-26-11)12-3-4-19-14(7-12)15-8-13-9-17(24)23(5-6-25-2)16(13)10-20-15/h3-4,7-8,10H,5-6,9H2,1-2H3. The minimum Gasteiger partial charge on any atom is -0.383 e. The van der Waals surface area contributed by atoms with Gasteiger partial charge in [-0.05, 0) is 23.8 Å². The number of methoxy groups -OCH3 is 1. The molecule has 8 heteroatoms. The van der Waals surface area contributed by atoms with Crippen LogP contribution in [0.1, 0.15) is 11.5 Å². The summed E-state index contributed by atoms with van der Waals surface area (Å²) < 4.78 is 10.1. The van der Waals surface area contributed by atoms with Gasteiger partial charge in [0.15, 0.2) is 0 Å². The monoisotopic (exact) mass is 351 g/mol. The van der Waals surface area contributed by atoms with E-state index < -0.39 is 0 Å². The molecule has 0 aromatic carbocycles. The fourth-order valence-electron chi connectivity index (χ4n) is 2.96. The van der Waals surface area contributed by atoms with Gasteiger partial charge in [0, 0.05) is 32.3 Å². The van der Waals surface area contributed by atoms with Crippen molar-refractivity contribution in [3.05, 3.63) is 42.0 Å². The number of anilines is 1. The van der Waals surface area contributed by atoms with Crippen LogP contribution in [0, 0.1) is 6.92 Å². The Labute approximate surface area is 149 Å². The Kier molecular flexibility index (Phi) is 4.18. The summed E-state index contributed by atoms with van der Waals surface area (Å²) in [5.41, 5.74) is 3.97. The quantitative estimate of drug-likeness (QED) is 0.694. The van der Waals surface area contributed by atoms with Crippen LogP contribution in [-0.2, 0) is 16.0 Å². The van der Waals surface area contributed by atoms with Crippen molar-refractivity contribution in [1.29, 1.82) is 0 Å². The first-order valence-electron chi connectivity index (χ1n) is 8.21. The fourth-order valence-corrected chi connectivity index (χ4v) is 2.96. The number of hydrogen-bond donors (Lipinski definition) is 0. The first kappa shape index (κ1) is 16.3. The van der Waals surface area contributed by atoms with Gasteiger partial charge in [0.2, 0.25) is 17.6 Å². The zero-order valence-electron chi connectivity index (χ0n) is 14.5. The molecule has 1 aliphatic heterocycles. The van der Waals surface area contributed by atoms with Gasteiger partial charge < -0.3 is 14.2 Å². The molecule has 0 unspecified atom stereocenters. The maximum absolute atomic E-state index is 12.2. The molecule has 0 radical (unpaired) electrons. The third kappa shape index (κ3) is 2.95. The number of pyridine rings is 2. The highest BCUT2D eigenvalue weighted by Crippen LogP contribution is 2.31. The van der Waals surface area contributed by atoms with E-state index in [1.54, 1.807) is 31.3 Å². The zero-order valence-corrected chi connectivity index (χ0v) is 14.5. The molecule has 1 aliphatic rings. The van der Waals surface area contributed by atoms with E-state index in [-0.39, 0.29) is 5.91 Å². The number of amides is 1. The molecule has 0 fully saturated rings. The molecule has 0 N–H and O–H groups in total. The highest BCUT2D eigenvalue weighted by Gasteiger charge is 2.27. The first-order chi connectivity index (χ1) is 12.7. The van der Waals surface area contributed by atoms with E-state index in [0.29, 0.717) is 42.7 Å². The summed E-state index contributed by atoms with van der Waals surface area (Å²) in [6.07, 6.45) is 3.76. The number of aryl methyl sites for hydroxylation is 1. The van der Waals surface area contributed by atoms with Gasteiger partial charge in [-0.1, -0.05) is 5.16 Å². The van der Waals surface area contributed by atoms with E-state index in [2.05, 4.69) is 20.1 Å². The smallest absolute Gasteiger partial charge is 0.231 e. The van der Waals surface area contributed by atoms with Crippen molar-refractivity contribution < 1.29 is 14.1 Å². The highest BCUT2D eigenvalue weighted by atomic mass is 16.5. The number of aromatic nitrogens is 4. The SMILES string of the molecule is COCCN1C(=O)Cc2cc(-c3cc(-c4noc(C)n4)ccn3)ncc21. The largest absolute Gasteiger partial charge is 0.383 e. The molecule has 1 amide bonds. The molecule has 132 valence electrons. The molecule has 3 aromatic rings. The minimum atomic E-state index is 0.0555. The lowest BCUT2D eigenvalue weighted by molar-refractivity contribution is -0.117. The van der Waals surface area contributed by atoms with Gasteiger partial charge in [0.05, 0.1) is 36.3 Å². The first-order valence-corrected chi connectivity index (χ1v) is 8.21. The molecular formula is C18H17N5O3. The summed E-state index contributed by atoms with van der Waals surface area (Å²) in [7, 11) is 1.62. The lowest BCUT2D eigenvalue weighted by Crippen LogP contribution is -2.30. The van der Waals surface area contributed by atoms with E-state index in [4.69, 9.17) is 9.26 Å². The van der Waals surface area contributed by atoms with Crippen LogP contribution in [0.3, 0.4) is 0 Å². The molecule has 0 saturated heterocycles. The second-order valence-corrected chi connectivity index (χ2v) is 5.98. The van der Waals surface area contributed by atoms with Crippen LogP contribution in [0.5, 0.6) is 0 Å². The molecule has 8 nitrogen and oxygen atoms in total. The Bertz CT molecular complexity index is 969. The van der Waals surface area contributed by atoms with Gasteiger partial charge in [0.1, 0.15) is 0 Å². The van der Waals surface area contributed by atoms with E-state index >= 15 is 0 Å². The molecule has 0 aliphatic carbocycles. The summed E-state index contributed by atoms with van der Waals surface area (Å²) in [5, 5.41) is 3.93. The molecule has 4 rings (SSSR count). The van der Waals surface area contributed by atoms with E-state index in [9.17, 15) is 4.79 Å². The van der Waals surface area contributed by atoms with Crippen LogP contribution in [0.25, 0.3) is 22.8 Å². The number of nitrogens with zero attached hydrogens (tertiary/aromatic N) is 5. The number of rotatable bonds is 5. The molecule has 26 heavy (non-hydrogen) atoms. The molecule has 3 aromatic heterocycles. The topological polar surface area (TPSA) is 94.2 Å². The predicted octanol–water partition coefficient (Wildman–Crippen LogP) is 2.04. The molecule has 0 atom stereocenters. The van der Waals surface area contributed by atoms with Gasteiger partial charge in [-0.3, -0.25) is 14.8 Å². The van der Waals surface area contributed by atoms with E-state index in [0.717, 1.165) is 16.8 Å². The van der Waals surface area contributed by atoms with Crippen LogP contribution in [0.4, 0.5) is 5.69 Å². The Morgan fingerprint density at radius 1 is 1.27 bits per heavy atom. The van der Waals surface area contributed by atoms with Gasteiger partial charge in [0.25, 0.3) is 0 Å². The van der Waals surface area contributed by atoms with Crippen molar-refractivity contribution >= 4 is 11.6 Å². The van der Waals surface area contributed by atoms with Gasteiger partial charge in [-0.25, -0.2) is 0 Å². The number of fused-ring (bicyclic) bond motifs is 1. The average Bonchev–Trinajstić information content (AvgIpc) is 3.22. The van der Waals surface area contributed by atoms with Crippen LogP contribution >= 0.6 is 0 Å². The minimum absolute atomic E-state index is 0.0555. The van der Waals surface area contributed by atoms with Crippen molar-refractivity contribution in [3.63, 3.8) is 0 Å². The Morgan fingerprint density at radius 3 is 2.88 bits per heavy atom. The normalized spacial score (nSPS) is 13.3. The third-order valence-corrected chi connectivity index (χ3v) is 4.23. The molecular weight excluding hydrogens is 334 g/mol. The van der Waals surface area contributed by atoms with Crippen LogP contribution in [-0.4, -0.2) is 46.3 Å². The number of carbonyl (C=O) groups excluding carboxylic acids is 1. The lowest BCUT2D eigenvalue weighted by Gasteiger charge is -2.16. The zero-order chi connectivity index (χ0) is 18.1. The van der Waals surface area contributed by atoms with Crippen LogP contribution < -0.4 is 4.90 Å². The van der Waals surface area contributed by atoms with Crippen molar-refractivity contribution in [1.82, 2.24) is 20.1 Å². The summed E-state index contributed by atoms with van der Waals surface area (Å²) in [5.74, 6) is 1.07. The maximum Gasteiger partial charge on any atom is 0.231 e.